The Balaban J connectivity index is 1.96. The normalized spacial score (nSPS) is 38.5. The molecule has 4 unspecified atom stereocenters. The zero-order chi connectivity index (χ0) is 20.5. The van der Waals surface area contributed by atoms with E-state index in [1.54, 1.807) is 0 Å². The maximum Gasteiger partial charge on any atom is 0.0102 e. The van der Waals surface area contributed by atoms with Gasteiger partial charge in [0.1, 0.15) is 0 Å². The molecular weight excluding hydrogens is 340 g/mol. The Kier molecular flexibility index (Phi) is 9.74. The van der Waals surface area contributed by atoms with Gasteiger partial charge in [-0.15, -0.1) is 26.3 Å². The topological polar surface area (TPSA) is 52.0 Å². The third kappa shape index (κ3) is 6.19. The number of hydrogen-bond donors (Lipinski definition) is 2. The second-order valence-electron chi connectivity index (χ2n) is 9.54. The van der Waals surface area contributed by atoms with E-state index in [9.17, 15) is 0 Å². The van der Waals surface area contributed by atoms with E-state index in [4.69, 9.17) is 11.5 Å². The van der Waals surface area contributed by atoms with Gasteiger partial charge in [0, 0.05) is 12.1 Å². The highest BCUT2D eigenvalue weighted by Crippen LogP contribution is 2.42. The van der Waals surface area contributed by atoms with Crippen LogP contribution in [-0.2, 0) is 0 Å². The lowest BCUT2D eigenvalue weighted by Gasteiger charge is -2.42. The van der Waals surface area contributed by atoms with Gasteiger partial charge < -0.3 is 11.5 Å². The quantitative estimate of drug-likeness (QED) is 0.429. The minimum atomic E-state index is 0.300. The van der Waals surface area contributed by atoms with E-state index in [-0.39, 0.29) is 0 Å². The van der Waals surface area contributed by atoms with Crippen LogP contribution in [0.15, 0.2) is 50.6 Å². The molecule has 2 rings (SSSR count). The highest BCUT2D eigenvalue weighted by Gasteiger charge is 2.37. The molecule has 2 aliphatic rings. The van der Waals surface area contributed by atoms with E-state index in [0.29, 0.717) is 35.8 Å². The minimum absolute atomic E-state index is 0.300. The van der Waals surface area contributed by atoms with Gasteiger partial charge in [0.05, 0.1) is 0 Å². The monoisotopic (exact) mass is 384 g/mol. The molecule has 0 aromatic carbocycles. The van der Waals surface area contributed by atoms with Crippen LogP contribution in [0.2, 0.25) is 0 Å². The zero-order valence-electron chi connectivity index (χ0n) is 18.0. The first kappa shape index (κ1) is 23.2. The fourth-order valence-corrected chi connectivity index (χ4v) is 6.12. The predicted octanol–water partition coefficient (Wildman–Crippen LogP) is 6.01. The highest BCUT2D eigenvalue weighted by atomic mass is 14.7. The van der Waals surface area contributed by atoms with Gasteiger partial charge in [-0.05, 0) is 86.9 Å². The van der Waals surface area contributed by atoms with Crippen molar-refractivity contribution < 1.29 is 0 Å². The molecule has 2 aliphatic carbocycles. The van der Waals surface area contributed by atoms with Gasteiger partial charge in [0.25, 0.3) is 0 Å². The molecule has 0 bridgehead atoms. The first-order valence-corrected chi connectivity index (χ1v) is 11.5. The second kappa shape index (κ2) is 11.8. The van der Waals surface area contributed by atoms with Crippen LogP contribution >= 0.6 is 0 Å². The van der Waals surface area contributed by atoms with Crippen molar-refractivity contribution in [2.75, 3.05) is 0 Å². The summed E-state index contributed by atoms with van der Waals surface area (Å²) in [7, 11) is 0. The van der Waals surface area contributed by atoms with E-state index >= 15 is 0 Å². The van der Waals surface area contributed by atoms with Crippen LogP contribution in [0, 0.1) is 35.5 Å². The van der Waals surface area contributed by atoms with Crippen molar-refractivity contribution in [3.05, 3.63) is 50.6 Å². The standard InChI is InChI=1S/C26H44N2/c1-5-9-21-15-19(16-22(10-6-2)25(21)27)13-14-20-17-23(11-7-3)26(28)24(18-20)12-8-4/h5-8,19-26H,1-4,9-18,27-28H2. The van der Waals surface area contributed by atoms with Crippen molar-refractivity contribution in [2.45, 2.75) is 76.3 Å². The van der Waals surface area contributed by atoms with Gasteiger partial charge >= 0.3 is 0 Å². The fourth-order valence-electron chi connectivity index (χ4n) is 6.12. The predicted molar refractivity (Wildman–Crippen MR) is 124 cm³/mol. The van der Waals surface area contributed by atoms with Crippen molar-refractivity contribution in [1.29, 1.82) is 0 Å². The number of allylic oxidation sites excluding steroid dienone is 4. The Morgan fingerprint density at radius 2 is 0.786 bits per heavy atom. The maximum atomic E-state index is 6.59. The molecule has 0 radical (unpaired) electrons. The van der Waals surface area contributed by atoms with Gasteiger partial charge in [-0.3, -0.25) is 0 Å². The lowest BCUT2D eigenvalue weighted by Crippen LogP contribution is -2.44. The van der Waals surface area contributed by atoms with Gasteiger partial charge in [-0.1, -0.05) is 37.1 Å². The number of hydrogen-bond acceptors (Lipinski definition) is 2. The minimum Gasteiger partial charge on any atom is -0.327 e. The van der Waals surface area contributed by atoms with Gasteiger partial charge in [-0.2, -0.15) is 0 Å². The summed E-state index contributed by atoms with van der Waals surface area (Å²) in [5.74, 6) is 3.93. The summed E-state index contributed by atoms with van der Waals surface area (Å²) in [6.45, 7) is 15.8. The Morgan fingerprint density at radius 3 is 1.00 bits per heavy atom. The van der Waals surface area contributed by atoms with Gasteiger partial charge in [0.2, 0.25) is 0 Å². The molecule has 2 saturated carbocycles. The molecule has 2 nitrogen and oxygen atoms in total. The molecule has 28 heavy (non-hydrogen) atoms. The fraction of sp³-hybridized carbons (Fsp3) is 0.692. The first-order valence-electron chi connectivity index (χ1n) is 11.5. The van der Waals surface area contributed by atoms with Gasteiger partial charge in [0.15, 0.2) is 0 Å². The molecule has 158 valence electrons. The molecular formula is C26H44N2. The first-order chi connectivity index (χ1) is 13.5. The van der Waals surface area contributed by atoms with E-state index in [1.807, 2.05) is 0 Å². The molecule has 0 heterocycles. The van der Waals surface area contributed by atoms with Crippen LogP contribution in [-0.4, -0.2) is 12.1 Å². The summed E-state index contributed by atoms with van der Waals surface area (Å²) in [6.07, 6.45) is 20.1. The molecule has 4 atom stereocenters. The van der Waals surface area contributed by atoms with Crippen molar-refractivity contribution in [3.63, 3.8) is 0 Å². The summed E-state index contributed by atoms with van der Waals surface area (Å²) in [4.78, 5) is 0. The zero-order valence-corrected chi connectivity index (χ0v) is 18.0. The number of rotatable bonds is 11. The van der Waals surface area contributed by atoms with E-state index < -0.39 is 0 Å². The van der Waals surface area contributed by atoms with Crippen molar-refractivity contribution >= 4 is 0 Å². The highest BCUT2D eigenvalue weighted by molar-refractivity contribution is 4.96. The van der Waals surface area contributed by atoms with Crippen molar-refractivity contribution in [2.24, 2.45) is 47.0 Å². The molecule has 2 heteroatoms. The van der Waals surface area contributed by atoms with Crippen LogP contribution in [0.1, 0.15) is 64.2 Å². The molecule has 0 saturated heterocycles. The smallest absolute Gasteiger partial charge is 0.0102 e. The molecule has 0 aromatic heterocycles. The van der Waals surface area contributed by atoms with Crippen LogP contribution in [0.5, 0.6) is 0 Å². The third-order valence-electron chi connectivity index (χ3n) is 7.58. The Morgan fingerprint density at radius 1 is 0.536 bits per heavy atom. The van der Waals surface area contributed by atoms with Crippen LogP contribution in [0.4, 0.5) is 0 Å². The van der Waals surface area contributed by atoms with E-state index in [1.165, 1.54) is 38.5 Å². The Labute approximate surface area is 174 Å². The van der Waals surface area contributed by atoms with Crippen LogP contribution in [0.25, 0.3) is 0 Å². The molecule has 0 amide bonds. The average Bonchev–Trinajstić information content (AvgIpc) is 2.67. The Hall–Kier alpha value is -1.12. The molecule has 0 spiro atoms. The largest absolute Gasteiger partial charge is 0.327 e. The average molecular weight is 385 g/mol. The Bertz CT molecular complexity index is 425. The summed E-state index contributed by atoms with van der Waals surface area (Å²) in [5, 5.41) is 0. The van der Waals surface area contributed by atoms with E-state index in [2.05, 4.69) is 50.6 Å². The summed E-state index contributed by atoms with van der Waals surface area (Å²) < 4.78 is 0. The summed E-state index contributed by atoms with van der Waals surface area (Å²) in [5.41, 5.74) is 13.2. The summed E-state index contributed by atoms with van der Waals surface area (Å²) >= 11 is 0. The lowest BCUT2D eigenvalue weighted by molar-refractivity contribution is 0.124. The molecule has 2 fully saturated rings. The summed E-state index contributed by atoms with van der Waals surface area (Å²) in [6, 6.07) is 0.600. The maximum absolute atomic E-state index is 6.59. The lowest BCUT2D eigenvalue weighted by atomic mass is 9.65. The molecule has 4 N–H and O–H groups in total. The van der Waals surface area contributed by atoms with Gasteiger partial charge in [-0.25, -0.2) is 0 Å². The number of nitrogens with two attached hydrogens (primary N) is 2. The second-order valence-corrected chi connectivity index (χ2v) is 9.54. The molecule has 0 aliphatic heterocycles. The van der Waals surface area contributed by atoms with Crippen LogP contribution < -0.4 is 11.5 Å². The van der Waals surface area contributed by atoms with E-state index in [0.717, 1.165) is 37.5 Å². The van der Waals surface area contributed by atoms with Crippen molar-refractivity contribution in [1.82, 2.24) is 0 Å². The SMILES string of the molecule is C=CCC1CC(CCC2CC(CC=C)C(N)C(CC=C)C2)CC(CC=C)C1N. The molecule has 0 aromatic rings. The van der Waals surface area contributed by atoms with Crippen molar-refractivity contribution in [3.8, 4) is 0 Å². The van der Waals surface area contributed by atoms with Crippen LogP contribution in [0.3, 0.4) is 0 Å². The third-order valence-corrected chi connectivity index (χ3v) is 7.58.